The maximum absolute atomic E-state index is 11.5. The Balaban J connectivity index is 2.53. The summed E-state index contributed by atoms with van der Waals surface area (Å²) in [4.78, 5) is 22.2. The number of carbonyl (C=O) groups excluding carboxylic acids is 1. The summed E-state index contributed by atoms with van der Waals surface area (Å²) in [6.07, 6.45) is 2.98. The molecular weight excluding hydrogens is 198 g/mol. The fourth-order valence-corrected chi connectivity index (χ4v) is 0.894. The van der Waals surface area contributed by atoms with Gasteiger partial charge in [0.05, 0.1) is 12.5 Å². The molecule has 0 unspecified atom stereocenters. The molecule has 1 aromatic heterocycles. The van der Waals surface area contributed by atoms with Crippen molar-refractivity contribution in [1.29, 1.82) is 0 Å². The Bertz CT molecular complexity index is 354. The smallest absolute Gasteiger partial charge is 0.318 e. The van der Waals surface area contributed by atoms with Gasteiger partial charge in [0, 0.05) is 12.1 Å². The van der Waals surface area contributed by atoms with Crippen LogP contribution < -0.4 is 5.32 Å². The van der Waals surface area contributed by atoms with Crippen molar-refractivity contribution < 1.29 is 19.1 Å². The largest absolute Gasteiger partial charge is 0.480 e. The Morgan fingerprint density at radius 3 is 2.67 bits per heavy atom. The van der Waals surface area contributed by atoms with Crippen molar-refractivity contribution in [2.45, 2.75) is 20.4 Å². The first-order chi connectivity index (χ1) is 6.94. The van der Waals surface area contributed by atoms with E-state index in [9.17, 15) is 9.59 Å². The molecule has 5 heteroatoms. The Morgan fingerprint density at radius 1 is 1.53 bits per heavy atom. The summed E-state index contributed by atoms with van der Waals surface area (Å²) >= 11 is 0. The fourth-order valence-electron chi connectivity index (χ4n) is 0.894. The van der Waals surface area contributed by atoms with Crippen LogP contribution in [0.15, 0.2) is 23.0 Å². The van der Waals surface area contributed by atoms with Gasteiger partial charge in [0.2, 0.25) is 5.91 Å². The van der Waals surface area contributed by atoms with Crippen molar-refractivity contribution >= 4 is 11.9 Å². The molecule has 0 aliphatic heterocycles. The Kier molecular flexibility index (Phi) is 3.14. The zero-order valence-electron chi connectivity index (χ0n) is 8.61. The van der Waals surface area contributed by atoms with Crippen molar-refractivity contribution in [3.63, 3.8) is 0 Å². The minimum atomic E-state index is -1.41. The highest BCUT2D eigenvalue weighted by atomic mass is 16.4. The van der Waals surface area contributed by atoms with Crippen LogP contribution in [0.1, 0.15) is 19.4 Å². The van der Waals surface area contributed by atoms with E-state index in [1.165, 1.54) is 26.4 Å². The van der Waals surface area contributed by atoms with E-state index in [-0.39, 0.29) is 6.54 Å². The second kappa shape index (κ2) is 4.16. The van der Waals surface area contributed by atoms with E-state index in [2.05, 4.69) is 5.32 Å². The molecule has 0 aromatic carbocycles. The van der Waals surface area contributed by atoms with Crippen LogP contribution in [0, 0.1) is 5.41 Å². The van der Waals surface area contributed by atoms with E-state index >= 15 is 0 Å². The van der Waals surface area contributed by atoms with Crippen molar-refractivity contribution in [3.8, 4) is 0 Å². The van der Waals surface area contributed by atoms with Crippen LogP contribution in [-0.4, -0.2) is 17.0 Å². The van der Waals surface area contributed by atoms with Crippen molar-refractivity contribution in [3.05, 3.63) is 24.2 Å². The van der Waals surface area contributed by atoms with Gasteiger partial charge in [0.1, 0.15) is 5.41 Å². The quantitative estimate of drug-likeness (QED) is 0.728. The molecule has 2 N–H and O–H groups in total. The van der Waals surface area contributed by atoms with Gasteiger partial charge in [-0.15, -0.1) is 0 Å². The Morgan fingerprint density at radius 2 is 2.20 bits per heavy atom. The molecule has 1 rings (SSSR count). The number of hydrogen-bond donors (Lipinski definition) is 2. The van der Waals surface area contributed by atoms with E-state index in [1.807, 2.05) is 0 Å². The van der Waals surface area contributed by atoms with Gasteiger partial charge in [-0.3, -0.25) is 9.59 Å². The maximum Gasteiger partial charge on any atom is 0.318 e. The summed E-state index contributed by atoms with van der Waals surface area (Å²) in [6.45, 7) is 2.99. The highest BCUT2D eigenvalue weighted by molar-refractivity contribution is 6.00. The highest BCUT2D eigenvalue weighted by Crippen LogP contribution is 2.15. The molecule has 0 bridgehead atoms. The van der Waals surface area contributed by atoms with Crippen LogP contribution >= 0.6 is 0 Å². The standard InChI is InChI=1S/C10H13NO4/c1-10(2,9(13)14)8(12)11-5-7-3-4-15-6-7/h3-4,6H,5H2,1-2H3,(H,11,12)(H,13,14). The van der Waals surface area contributed by atoms with Crippen molar-refractivity contribution in [2.24, 2.45) is 5.41 Å². The SMILES string of the molecule is CC(C)(C(=O)O)C(=O)NCc1ccoc1. The zero-order valence-corrected chi connectivity index (χ0v) is 8.61. The molecule has 0 spiro atoms. The van der Waals surface area contributed by atoms with Crippen LogP contribution in [0.25, 0.3) is 0 Å². The van der Waals surface area contributed by atoms with Crippen LogP contribution in [0.5, 0.6) is 0 Å². The van der Waals surface area contributed by atoms with E-state index < -0.39 is 17.3 Å². The van der Waals surface area contributed by atoms with Gasteiger partial charge in [-0.25, -0.2) is 0 Å². The van der Waals surface area contributed by atoms with Gasteiger partial charge >= 0.3 is 5.97 Å². The third-order valence-corrected chi connectivity index (χ3v) is 2.14. The van der Waals surface area contributed by atoms with Crippen LogP contribution in [0.3, 0.4) is 0 Å². The lowest BCUT2D eigenvalue weighted by Gasteiger charge is -2.17. The lowest BCUT2D eigenvalue weighted by atomic mass is 9.93. The normalized spacial score (nSPS) is 11.1. The molecule has 0 radical (unpaired) electrons. The van der Waals surface area contributed by atoms with Crippen LogP contribution in [0.4, 0.5) is 0 Å². The molecule has 15 heavy (non-hydrogen) atoms. The summed E-state index contributed by atoms with van der Waals surface area (Å²) in [7, 11) is 0. The molecule has 1 aromatic rings. The summed E-state index contributed by atoms with van der Waals surface area (Å²) in [5.74, 6) is -1.66. The lowest BCUT2D eigenvalue weighted by molar-refractivity contribution is -0.153. The predicted molar refractivity (Wildman–Crippen MR) is 52.0 cm³/mol. The van der Waals surface area contributed by atoms with E-state index in [4.69, 9.17) is 9.52 Å². The van der Waals surface area contributed by atoms with E-state index in [0.717, 1.165) is 5.56 Å². The van der Waals surface area contributed by atoms with Crippen molar-refractivity contribution in [1.82, 2.24) is 5.32 Å². The minimum Gasteiger partial charge on any atom is -0.480 e. The number of carbonyl (C=O) groups is 2. The van der Waals surface area contributed by atoms with Gasteiger partial charge in [0.15, 0.2) is 0 Å². The molecule has 1 heterocycles. The third kappa shape index (κ3) is 2.59. The number of hydrogen-bond acceptors (Lipinski definition) is 3. The maximum atomic E-state index is 11.5. The fraction of sp³-hybridized carbons (Fsp3) is 0.400. The van der Waals surface area contributed by atoms with Gasteiger partial charge < -0.3 is 14.8 Å². The van der Waals surface area contributed by atoms with E-state index in [1.54, 1.807) is 6.07 Å². The number of carboxylic acids is 1. The number of amides is 1. The third-order valence-electron chi connectivity index (χ3n) is 2.14. The van der Waals surface area contributed by atoms with Crippen molar-refractivity contribution in [2.75, 3.05) is 0 Å². The molecule has 82 valence electrons. The first-order valence-corrected chi connectivity index (χ1v) is 4.47. The second-order valence-electron chi connectivity index (χ2n) is 3.74. The van der Waals surface area contributed by atoms with Crippen LogP contribution in [-0.2, 0) is 16.1 Å². The average molecular weight is 211 g/mol. The van der Waals surface area contributed by atoms with Gasteiger partial charge in [0.25, 0.3) is 0 Å². The molecule has 0 atom stereocenters. The first-order valence-electron chi connectivity index (χ1n) is 4.47. The molecule has 0 saturated carbocycles. The number of carboxylic acid groups (broad SMARTS) is 1. The minimum absolute atomic E-state index is 0.270. The Hall–Kier alpha value is -1.78. The topological polar surface area (TPSA) is 79.5 Å². The highest BCUT2D eigenvalue weighted by Gasteiger charge is 2.35. The number of rotatable bonds is 4. The monoisotopic (exact) mass is 211 g/mol. The van der Waals surface area contributed by atoms with E-state index in [0.29, 0.717) is 0 Å². The first kappa shape index (κ1) is 11.3. The average Bonchev–Trinajstić information content (AvgIpc) is 2.66. The molecule has 0 saturated heterocycles. The number of nitrogens with one attached hydrogen (secondary N) is 1. The Labute approximate surface area is 87.1 Å². The zero-order chi connectivity index (χ0) is 11.5. The summed E-state index contributed by atoms with van der Waals surface area (Å²) in [5.41, 5.74) is -0.617. The van der Waals surface area contributed by atoms with Gasteiger partial charge in [-0.2, -0.15) is 0 Å². The molecule has 1 amide bonds. The molecule has 0 aliphatic rings. The summed E-state index contributed by atoms with van der Waals surface area (Å²) in [5, 5.41) is 11.3. The molecule has 0 aliphatic carbocycles. The number of furan rings is 1. The van der Waals surface area contributed by atoms with Gasteiger partial charge in [-0.05, 0) is 19.9 Å². The predicted octanol–water partition coefficient (Wildman–Crippen LogP) is 1.01. The summed E-state index contributed by atoms with van der Waals surface area (Å²) < 4.78 is 4.81. The molecule has 5 nitrogen and oxygen atoms in total. The van der Waals surface area contributed by atoms with Gasteiger partial charge in [-0.1, -0.05) is 0 Å². The summed E-state index contributed by atoms with van der Waals surface area (Å²) in [6, 6.07) is 1.70. The van der Waals surface area contributed by atoms with Crippen LogP contribution in [0.2, 0.25) is 0 Å². The molecular formula is C10H13NO4. The number of aliphatic carboxylic acids is 1. The lowest BCUT2D eigenvalue weighted by Crippen LogP contribution is -2.41. The second-order valence-corrected chi connectivity index (χ2v) is 3.74. The molecule has 0 fully saturated rings.